The third-order valence-corrected chi connectivity index (χ3v) is 6.99. The number of hydrogen-bond donors (Lipinski definition) is 0. The van der Waals surface area contributed by atoms with Crippen LogP contribution in [-0.4, -0.2) is 32.7 Å². The Morgan fingerprint density at radius 1 is 1.33 bits per heavy atom. The first-order valence-corrected chi connectivity index (χ1v) is 10.3. The van der Waals surface area contributed by atoms with Gasteiger partial charge in [0.2, 0.25) is 5.91 Å². The van der Waals surface area contributed by atoms with Crippen LogP contribution in [0.3, 0.4) is 0 Å². The van der Waals surface area contributed by atoms with Gasteiger partial charge < -0.3 is 4.90 Å². The number of nitrogens with zero attached hydrogens (tertiary/aromatic N) is 3. The zero-order chi connectivity index (χ0) is 16.7. The van der Waals surface area contributed by atoms with Crippen LogP contribution < -0.4 is 5.56 Å². The van der Waals surface area contributed by atoms with Crippen molar-refractivity contribution in [1.82, 2.24) is 14.5 Å². The van der Waals surface area contributed by atoms with Gasteiger partial charge in [-0.3, -0.25) is 14.2 Å². The van der Waals surface area contributed by atoms with Crippen LogP contribution in [0, 0.1) is 0 Å². The van der Waals surface area contributed by atoms with Gasteiger partial charge in [0.1, 0.15) is 4.83 Å². The smallest absolute Gasteiger partial charge is 0.262 e. The maximum absolute atomic E-state index is 12.5. The van der Waals surface area contributed by atoms with E-state index in [1.165, 1.54) is 38.1 Å². The molecule has 0 aliphatic carbocycles. The molecule has 0 saturated carbocycles. The summed E-state index contributed by atoms with van der Waals surface area (Å²) in [7, 11) is 1.71. The van der Waals surface area contributed by atoms with Crippen LogP contribution in [0.1, 0.15) is 10.4 Å². The minimum atomic E-state index is -0.0583. The second kappa shape index (κ2) is 6.34. The summed E-state index contributed by atoms with van der Waals surface area (Å²) < 4.78 is 1.53. The highest BCUT2D eigenvalue weighted by atomic mass is 32.2. The van der Waals surface area contributed by atoms with Crippen molar-refractivity contribution in [1.29, 1.82) is 0 Å². The molecule has 0 radical (unpaired) electrons. The lowest BCUT2D eigenvalue weighted by Crippen LogP contribution is -2.36. The number of hydrogen-bond acceptors (Lipinski definition) is 6. The van der Waals surface area contributed by atoms with E-state index in [1.807, 2.05) is 10.3 Å². The maximum Gasteiger partial charge on any atom is 0.262 e. The van der Waals surface area contributed by atoms with E-state index < -0.39 is 0 Å². The summed E-state index contributed by atoms with van der Waals surface area (Å²) >= 11 is 4.55. The average molecular weight is 378 g/mol. The summed E-state index contributed by atoms with van der Waals surface area (Å²) in [4.78, 5) is 33.3. The van der Waals surface area contributed by atoms with Crippen LogP contribution in [0.15, 0.2) is 32.8 Å². The second-order valence-corrected chi connectivity index (χ2v) is 8.46. The average Bonchev–Trinajstić information content (AvgIpc) is 3.24. The monoisotopic (exact) mass is 377 g/mol. The molecule has 5 nitrogen and oxygen atoms in total. The van der Waals surface area contributed by atoms with Gasteiger partial charge in [-0.2, -0.15) is 0 Å². The van der Waals surface area contributed by atoms with Gasteiger partial charge in [0.05, 0.1) is 11.1 Å². The summed E-state index contributed by atoms with van der Waals surface area (Å²) in [6.07, 6.45) is 0.932. The Morgan fingerprint density at radius 3 is 3.04 bits per heavy atom. The molecule has 0 unspecified atom stereocenters. The molecule has 124 valence electrons. The molecule has 1 aliphatic rings. The van der Waals surface area contributed by atoms with E-state index in [-0.39, 0.29) is 11.5 Å². The number of aromatic nitrogens is 2. The van der Waals surface area contributed by atoms with Crippen LogP contribution in [0.4, 0.5) is 0 Å². The molecule has 0 spiro atoms. The second-order valence-electron chi connectivity index (χ2n) is 5.62. The fourth-order valence-corrected chi connectivity index (χ4v) is 5.36. The molecule has 0 fully saturated rings. The SMILES string of the molecule is Cn1c(SCC(=O)N2CCc3sccc3C2)nc2sccc2c1=O. The Balaban J connectivity index is 1.48. The first kappa shape index (κ1) is 15.9. The first-order valence-electron chi connectivity index (χ1n) is 7.53. The van der Waals surface area contributed by atoms with Gasteiger partial charge in [-0.25, -0.2) is 4.98 Å². The lowest BCUT2D eigenvalue weighted by molar-refractivity contribution is -0.129. The highest BCUT2D eigenvalue weighted by Gasteiger charge is 2.22. The Bertz CT molecular complexity index is 973. The fraction of sp³-hybridized carbons (Fsp3) is 0.312. The molecule has 4 heterocycles. The van der Waals surface area contributed by atoms with Gasteiger partial charge >= 0.3 is 0 Å². The van der Waals surface area contributed by atoms with Crippen molar-refractivity contribution in [2.24, 2.45) is 7.05 Å². The summed E-state index contributed by atoms with van der Waals surface area (Å²) in [6.45, 7) is 1.46. The Morgan fingerprint density at radius 2 is 2.17 bits per heavy atom. The Hall–Kier alpha value is -1.64. The molecule has 0 saturated heterocycles. The molecular formula is C16H15N3O2S3. The van der Waals surface area contributed by atoms with Crippen molar-refractivity contribution < 1.29 is 4.79 Å². The van der Waals surface area contributed by atoms with Gasteiger partial charge in [0, 0.05) is 25.0 Å². The zero-order valence-corrected chi connectivity index (χ0v) is 15.5. The summed E-state index contributed by atoms with van der Waals surface area (Å²) in [6, 6.07) is 3.89. The third-order valence-electron chi connectivity index (χ3n) is 4.15. The van der Waals surface area contributed by atoms with Crippen LogP contribution >= 0.6 is 34.4 Å². The summed E-state index contributed by atoms with van der Waals surface area (Å²) in [5.41, 5.74) is 1.20. The zero-order valence-electron chi connectivity index (χ0n) is 13.0. The standard InChI is InChI=1S/C16H15N3O2S3/c1-18-15(21)11-4-7-23-14(11)17-16(18)24-9-13(20)19-5-2-12-10(8-19)3-6-22-12/h3-4,6-7H,2,5,8-9H2,1H3. The van der Waals surface area contributed by atoms with Crippen molar-refractivity contribution in [3.8, 4) is 0 Å². The maximum atomic E-state index is 12.5. The van der Waals surface area contributed by atoms with E-state index in [1.54, 1.807) is 24.5 Å². The molecule has 8 heteroatoms. The third kappa shape index (κ3) is 2.78. The largest absolute Gasteiger partial charge is 0.337 e. The molecule has 0 bridgehead atoms. The highest BCUT2D eigenvalue weighted by molar-refractivity contribution is 7.99. The van der Waals surface area contributed by atoms with Gasteiger partial charge in [-0.1, -0.05) is 11.8 Å². The number of carbonyl (C=O) groups is 1. The van der Waals surface area contributed by atoms with Crippen molar-refractivity contribution in [3.63, 3.8) is 0 Å². The van der Waals surface area contributed by atoms with E-state index in [2.05, 4.69) is 16.4 Å². The lowest BCUT2D eigenvalue weighted by atomic mass is 10.1. The normalized spacial score (nSPS) is 14.1. The Labute approximate surface area is 150 Å². The number of carbonyl (C=O) groups excluding carboxylic acids is 1. The minimum absolute atomic E-state index is 0.0583. The molecule has 0 atom stereocenters. The van der Waals surface area contributed by atoms with Gasteiger partial charge in [-0.15, -0.1) is 22.7 Å². The van der Waals surface area contributed by atoms with E-state index in [0.29, 0.717) is 22.8 Å². The number of thioether (sulfide) groups is 1. The number of fused-ring (bicyclic) bond motifs is 2. The van der Waals surface area contributed by atoms with E-state index in [9.17, 15) is 9.59 Å². The van der Waals surface area contributed by atoms with Crippen molar-refractivity contribution in [3.05, 3.63) is 43.7 Å². The molecule has 1 aliphatic heterocycles. The van der Waals surface area contributed by atoms with Crippen LogP contribution in [0.25, 0.3) is 10.2 Å². The van der Waals surface area contributed by atoms with Crippen LogP contribution in [0.2, 0.25) is 0 Å². The molecule has 24 heavy (non-hydrogen) atoms. The first-order chi connectivity index (χ1) is 11.6. The van der Waals surface area contributed by atoms with Crippen molar-refractivity contribution >= 4 is 50.6 Å². The van der Waals surface area contributed by atoms with Gasteiger partial charge in [0.25, 0.3) is 5.56 Å². The molecule has 3 aromatic rings. The highest BCUT2D eigenvalue weighted by Crippen LogP contribution is 2.25. The molecular weight excluding hydrogens is 362 g/mol. The lowest BCUT2D eigenvalue weighted by Gasteiger charge is -2.26. The number of amides is 1. The van der Waals surface area contributed by atoms with E-state index >= 15 is 0 Å². The Kier molecular flexibility index (Phi) is 4.19. The predicted octanol–water partition coefficient (Wildman–Crippen LogP) is 2.73. The summed E-state index contributed by atoms with van der Waals surface area (Å²) in [5, 5.41) is 5.18. The molecule has 3 aromatic heterocycles. The quantitative estimate of drug-likeness (QED) is 0.520. The molecule has 0 N–H and O–H groups in total. The fourth-order valence-electron chi connectivity index (χ4n) is 2.79. The topological polar surface area (TPSA) is 55.2 Å². The minimum Gasteiger partial charge on any atom is -0.337 e. The molecule has 1 amide bonds. The number of thiophene rings is 2. The van der Waals surface area contributed by atoms with Crippen LogP contribution in [-0.2, 0) is 24.8 Å². The van der Waals surface area contributed by atoms with Gasteiger partial charge in [0.15, 0.2) is 5.16 Å². The van der Waals surface area contributed by atoms with Crippen molar-refractivity contribution in [2.45, 2.75) is 18.1 Å². The predicted molar refractivity (Wildman–Crippen MR) is 99.0 cm³/mol. The summed E-state index contributed by atoms with van der Waals surface area (Å²) in [5.74, 6) is 0.397. The van der Waals surface area contributed by atoms with Crippen LogP contribution in [0.5, 0.6) is 0 Å². The van der Waals surface area contributed by atoms with E-state index in [4.69, 9.17) is 0 Å². The number of rotatable bonds is 3. The molecule has 4 rings (SSSR count). The molecule has 0 aromatic carbocycles. The van der Waals surface area contributed by atoms with Gasteiger partial charge in [-0.05, 0) is 34.9 Å². The van der Waals surface area contributed by atoms with E-state index in [0.717, 1.165) is 17.8 Å². The van der Waals surface area contributed by atoms with Crippen molar-refractivity contribution in [2.75, 3.05) is 12.3 Å².